The third-order valence-corrected chi connectivity index (χ3v) is 3.88. The number of nitro groups is 1. The van der Waals surface area contributed by atoms with Gasteiger partial charge in [0.05, 0.1) is 23.1 Å². The fourth-order valence-electron chi connectivity index (χ4n) is 1.97. The molecule has 1 heterocycles. The summed E-state index contributed by atoms with van der Waals surface area (Å²) in [6.07, 6.45) is -0.0328. The zero-order valence-electron chi connectivity index (χ0n) is 12.2. The van der Waals surface area contributed by atoms with Crippen molar-refractivity contribution in [3.05, 3.63) is 50.7 Å². The summed E-state index contributed by atoms with van der Waals surface area (Å²) in [5.41, 5.74) is 0.703. The van der Waals surface area contributed by atoms with Gasteiger partial charge in [0.2, 0.25) is 0 Å². The van der Waals surface area contributed by atoms with Gasteiger partial charge in [0.15, 0.2) is 0 Å². The summed E-state index contributed by atoms with van der Waals surface area (Å²) in [6, 6.07) is 8.86. The van der Waals surface area contributed by atoms with E-state index in [4.69, 9.17) is 4.74 Å². The molecule has 1 aromatic carbocycles. The van der Waals surface area contributed by atoms with Crippen LogP contribution >= 0.6 is 11.3 Å². The van der Waals surface area contributed by atoms with Crippen molar-refractivity contribution in [1.29, 1.82) is 0 Å². The van der Waals surface area contributed by atoms with Crippen molar-refractivity contribution in [1.82, 2.24) is 0 Å². The lowest BCUT2D eigenvalue weighted by atomic mass is 10.2. The highest BCUT2D eigenvalue weighted by Crippen LogP contribution is 2.30. The second kappa shape index (κ2) is 6.58. The minimum atomic E-state index is -0.409. The van der Waals surface area contributed by atoms with E-state index in [0.717, 1.165) is 0 Å². The highest BCUT2D eigenvalue weighted by Gasteiger charge is 2.14. The minimum Gasteiger partial charge on any atom is -0.491 e. The first-order valence-corrected chi connectivity index (χ1v) is 7.59. The van der Waals surface area contributed by atoms with Gasteiger partial charge in [0.1, 0.15) is 5.75 Å². The molecule has 0 radical (unpaired) electrons. The maximum absolute atomic E-state index is 11.0. The first-order valence-electron chi connectivity index (χ1n) is 6.72. The van der Waals surface area contributed by atoms with Gasteiger partial charge in [-0.3, -0.25) is 10.1 Å². The van der Waals surface area contributed by atoms with E-state index in [0.29, 0.717) is 11.4 Å². The van der Waals surface area contributed by atoms with Crippen LogP contribution in [0.15, 0.2) is 35.7 Å². The number of hydrogen-bond acceptors (Lipinski definition) is 5. The molecule has 1 aromatic heterocycles. The average Bonchev–Trinajstić information content (AvgIpc) is 2.91. The van der Waals surface area contributed by atoms with Gasteiger partial charge in [-0.1, -0.05) is 6.07 Å². The summed E-state index contributed by atoms with van der Waals surface area (Å²) in [7, 11) is 0. The molecule has 1 unspecified atom stereocenters. The van der Waals surface area contributed by atoms with E-state index >= 15 is 0 Å². The molecular weight excluding hydrogens is 288 g/mol. The zero-order chi connectivity index (χ0) is 15.4. The number of thiophene rings is 1. The average molecular weight is 306 g/mol. The van der Waals surface area contributed by atoms with Crippen molar-refractivity contribution in [3.63, 3.8) is 0 Å². The van der Waals surface area contributed by atoms with Crippen molar-refractivity contribution in [3.8, 4) is 5.75 Å². The molecule has 5 nitrogen and oxygen atoms in total. The van der Waals surface area contributed by atoms with Gasteiger partial charge in [0, 0.05) is 22.7 Å². The van der Waals surface area contributed by atoms with Crippen molar-refractivity contribution in [2.24, 2.45) is 0 Å². The molecule has 2 rings (SSSR count). The van der Waals surface area contributed by atoms with Crippen LogP contribution in [0.1, 0.15) is 31.7 Å². The number of anilines is 1. The molecule has 0 saturated heterocycles. The highest BCUT2D eigenvalue weighted by molar-refractivity contribution is 7.10. The lowest BCUT2D eigenvalue weighted by molar-refractivity contribution is -0.384. The summed E-state index contributed by atoms with van der Waals surface area (Å²) in [5.74, 6) is 0.500. The third-order valence-electron chi connectivity index (χ3n) is 2.83. The van der Waals surface area contributed by atoms with Gasteiger partial charge in [-0.05, 0) is 32.2 Å². The van der Waals surface area contributed by atoms with Crippen molar-refractivity contribution < 1.29 is 9.66 Å². The largest absolute Gasteiger partial charge is 0.491 e. The molecule has 1 atom stereocenters. The Labute approximate surface area is 127 Å². The van der Waals surface area contributed by atoms with E-state index < -0.39 is 4.92 Å². The van der Waals surface area contributed by atoms with Gasteiger partial charge in [0.25, 0.3) is 5.69 Å². The van der Waals surface area contributed by atoms with Gasteiger partial charge in [-0.2, -0.15) is 0 Å². The molecule has 0 aliphatic carbocycles. The Balaban J connectivity index is 2.25. The maximum Gasteiger partial charge on any atom is 0.275 e. The molecule has 2 aromatic rings. The number of non-ortho nitro benzene ring substituents is 1. The predicted molar refractivity (Wildman–Crippen MR) is 85.2 cm³/mol. The molecule has 0 bridgehead atoms. The van der Waals surface area contributed by atoms with E-state index in [1.807, 2.05) is 38.3 Å². The minimum absolute atomic E-state index is 0.0222. The summed E-state index contributed by atoms with van der Waals surface area (Å²) in [6.45, 7) is 5.80. The van der Waals surface area contributed by atoms with Crippen LogP contribution in [-0.2, 0) is 0 Å². The Morgan fingerprint density at radius 2 is 2.05 bits per heavy atom. The first kappa shape index (κ1) is 15.3. The van der Waals surface area contributed by atoms with E-state index in [9.17, 15) is 10.1 Å². The van der Waals surface area contributed by atoms with Crippen LogP contribution in [0.5, 0.6) is 5.75 Å². The number of hydrogen-bond donors (Lipinski definition) is 1. The second-order valence-corrected chi connectivity index (χ2v) is 6.00. The summed E-state index contributed by atoms with van der Waals surface area (Å²) in [4.78, 5) is 11.8. The summed E-state index contributed by atoms with van der Waals surface area (Å²) >= 11 is 1.65. The second-order valence-electron chi connectivity index (χ2n) is 5.02. The quantitative estimate of drug-likeness (QED) is 0.625. The van der Waals surface area contributed by atoms with Gasteiger partial charge in [-0.25, -0.2) is 0 Å². The standard InChI is InChI=1S/C15H18N2O3S/c1-10(2)20-14-8-12(7-13(9-14)17(18)19)16-11(3)15-5-4-6-21-15/h4-11,16H,1-3H3. The Morgan fingerprint density at radius 1 is 1.29 bits per heavy atom. The number of benzene rings is 1. The normalized spacial score (nSPS) is 12.2. The van der Waals surface area contributed by atoms with Crippen LogP contribution in [0, 0.1) is 10.1 Å². The van der Waals surface area contributed by atoms with Crippen LogP contribution in [0.25, 0.3) is 0 Å². The van der Waals surface area contributed by atoms with Crippen LogP contribution < -0.4 is 10.1 Å². The summed E-state index contributed by atoms with van der Waals surface area (Å²) in [5, 5.41) is 16.3. The molecule has 0 amide bonds. The monoisotopic (exact) mass is 306 g/mol. The van der Waals surface area contributed by atoms with Gasteiger partial charge < -0.3 is 10.1 Å². The van der Waals surface area contributed by atoms with Gasteiger partial charge in [-0.15, -0.1) is 11.3 Å². The third kappa shape index (κ3) is 4.19. The molecule has 6 heteroatoms. The molecule has 21 heavy (non-hydrogen) atoms. The van der Waals surface area contributed by atoms with E-state index in [-0.39, 0.29) is 17.8 Å². The zero-order valence-corrected chi connectivity index (χ0v) is 13.0. The smallest absolute Gasteiger partial charge is 0.275 e. The van der Waals surface area contributed by atoms with E-state index in [1.54, 1.807) is 17.4 Å². The Hall–Kier alpha value is -2.08. The molecule has 0 aliphatic heterocycles. The lowest BCUT2D eigenvalue weighted by Crippen LogP contribution is -2.08. The molecule has 0 aliphatic rings. The van der Waals surface area contributed by atoms with Crippen LogP contribution in [-0.4, -0.2) is 11.0 Å². The highest BCUT2D eigenvalue weighted by atomic mass is 32.1. The maximum atomic E-state index is 11.0. The molecule has 0 spiro atoms. The molecular formula is C15H18N2O3S. The van der Waals surface area contributed by atoms with Crippen LogP contribution in [0.3, 0.4) is 0 Å². The molecule has 112 valence electrons. The van der Waals surface area contributed by atoms with Gasteiger partial charge >= 0.3 is 0 Å². The predicted octanol–water partition coefficient (Wildman–Crippen LogP) is 4.62. The Kier molecular flexibility index (Phi) is 4.80. The number of nitrogens with zero attached hydrogens (tertiary/aromatic N) is 1. The SMILES string of the molecule is CC(C)Oc1cc(NC(C)c2cccs2)cc([N+](=O)[O-])c1. The van der Waals surface area contributed by atoms with E-state index in [1.165, 1.54) is 17.0 Å². The first-order chi connectivity index (χ1) is 9.95. The number of nitrogens with one attached hydrogen (secondary N) is 1. The number of rotatable bonds is 6. The van der Waals surface area contributed by atoms with Crippen molar-refractivity contribution in [2.45, 2.75) is 32.9 Å². The van der Waals surface area contributed by atoms with Crippen LogP contribution in [0.4, 0.5) is 11.4 Å². The fourth-order valence-corrected chi connectivity index (χ4v) is 2.71. The Bertz CT molecular complexity index is 611. The molecule has 1 N–H and O–H groups in total. The van der Waals surface area contributed by atoms with Crippen molar-refractivity contribution >= 4 is 22.7 Å². The number of ether oxygens (including phenoxy) is 1. The molecule has 0 saturated carbocycles. The van der Waals surface area contributed by atoms with E-state index in [2.05, 4.69) is 5.32 Å². The Morgan fingerprint density at radius 3 is 2.62 bits per heavy atom. The fraction of sp³-hybridized carbons (Fsp3) is 0.333. The molecule has 0 fully saturated rings. The number of nitro benzene ring substituents is 1. The topological polar surface area (TPSA) is 64.4 Å². The lowest BCUT2D eigenvalue weighted by Gasteiger charge is -2.16. The summed E-state index contributed by atoms with van der Waals surface area (Å²) < 4.78 is 5.58. The van der Waals surface area contributed by atoms with Crippen molar-refractivity contribution in [2.75, 3.05) is 5.32 Å². The van der Waals surface area contributed by atoms with Crippen LogP contribution in [0.2, 0.25) is 0 Å².